The van der Waals surface area contributed by atoms with Crippen molar-refractivity contribution < 1.29 is 24.2 Å². The van der Waals surface area contributed by atoms with Crippen molar-refractivity contribution in [3.63, 3.8) is 0 Å². The van der Waals surface area contributed by atoms with Gasteiger partial charge >= 0.3 is 12.1 Å². The van der Waals surface area contributed by atoms with Gasteiger partial charge in [0, 0.05) is 6.54 Å². The van der Waals surface area contributed by atoms with Crippen LogP contribution in [0.1, 0.15) is 59.3 Å². The van der Waals surface area contributed by atoms with E-state index in [1.807, 2.05) is 0 Å². The second-order valence-corrected chi connectivity index (χ2v) is 7.21. The fourth-order valence-electron chi connectivity index (χ4n) is 2.15. The van der Waals surface area contributed by atoms with E-state index < -0.39 is 35.7 Å². The molecule has 0 saturated carbocycles. The van der Waals surface area contributed by atoms with E-state index in [2.05, 4.69) is 10.6 Å². The number of hydrogen-bond acceptors (Lipinski definition) is 6. The van der Waals surface area contributed by atoms with Crippen molar-refractivity contribution in [3.05, 3.63) is 0 Å². The average Bonchev–Trinajstić information content (AvgIpc) is 2.51. The molecule has 2 atom stereocenters. The molecular formula is C17H34N4O5. The summed E-state index contributed by atoms with van der Waals surface area (Å²) in [6.45, 7) is 6.25. The molecule has 0 saturated heterocycles. The van der Waals surface area contributed by atoms with E-state index in [0.717, 1.165) is 0 Å². The van der Waals surface area contributed by atoms with Crippen LogP contribution in [0.2, 0.25) is 0 Å². The van der Waals surface area contributed by atoms with Crippen molar-refractivity contribution in [3.8, 4) is 0 Å². The van der Waals surface area contributed by atoms with Crippen LogP contribution in [0.15, 0.2) is 0 Å². The lowest BCUT2D eigenvalue weighted by Crippen LogP contribution is -2.48. The Kier molecular flexibility index (Phi) is 11.6. The molecule has 9 heteroatoms. The number of carbonyl (C=O) groups is 3. The predicted octanol–water partition coefficient (Wildman–Crippen LogP) is 0.707. The number of carboxylic acid groups (broad SMARTS) is 1. The molecule has 7 N–H and O–H groups in total. The Morgan fingerprint density at radius 3 is 2.23 bits per heavy atom. The monoisotopic (exact) mass is 374 g/mol. The summed E-state index contributed by atoms with van der Waals surface area (Å²) in [5, 5.41) is 14.2. The molecular weight excluding hydrogens is 340 g/mol. The lowest BCUT2D eigenvalue weighted by Gasteiger charge is -2.20. The first-order valence-electron chi connectivity index (χ1n) is 9.02. The van der Waals surface area contributed by atoms with E-state index in [4.69, 9.17) is 21.3 Å². The van der Waals surface area contributed by atoms with E-state index in [1.54, 1.807) is 20.8 Å². The van der Waals surface area contributed by atoms with Gasteiger partial charge in [-0.1, -0.05) is 0 Å². The number of hydrogen-bond donors (Lipinski definition) is 5. The first-order valence-corrected chi connectivity index (χ1v) is 9.02. The third-order valence-electron chi connectivity index (χ3n) is 3.51. The zero-order valence-electron chi connectivity index (χ0n) is 16.0. The molecule has 0 heterocycles. The van der Waals surface area contributed by atoms with Gasteiger partial charge in [0.15, 0.2) is 0 Å². The quantitative estimate of drug-likeness (QED) is 0.315. The number of amides is 2. The number of alkyl carbamates (subject to hydrolysis) is 1. The minimum Gasteiger partial charge on any atom is -0.480 e. The molecule has 0 aromatic heterocycles. The number of unbranched alkanes of at least 4 members (excludes halogenated alkanes) is 2. The van der Waals surface area contributed by atoms with Gasteiger partial charge in [0.25, 0.3) is 0 Å². The van der Waals surface area contributed by atoms with Crippen molar-refractivity contribution in [2.75, 3.05) is 13.1 Å². The van der Waals surface area contributed by atoms with E-state index >= 15 is 0 Å². The largest absolute Gasteiger partial charge is 0.480 e. The molecule has 0 bridgehead atoms. The Balaban J connectivity index is 4.03. The highest BCUT2D eigenvalue weighted by Crippen LogP contribution is 2.07. The number of carbonyl (C=O) groups excluding carboxylic acids is 2. The molecule has 26 heavy (non-hydrogen) atoms. The maximum absolute atomic E-state index is 12.0. The van der Waals surface area contributed by atoms with Crippen molar-refractivity contribution in [2.45, 2.75) is 77.0 Å². The van der Waals surface area contributed by atoms with Gasteiger partial charge in [-0.15, -0.1) is 0 Å². The van der Waals surface area contributed by atoms with E-state index in [-0.39, 0.29) is 0 Å². The van der Waals surface area contributed by atoms with Gasteiger partial charge in [0.2, 0.25) is 5.91 Å². The maximum atomic E-state index is 12.0. The lowest BCUT2D eigenvalue weighted by atomic mass is 10.1. The lowest BCUT2D eigenvalue weighted by molar-refractivity contribution is -0.142. The van der Waals surface area contributed by atoms with Crippen LogP contribution < -0.4 is 22.1 Å². The van der Waals surface area contributed by atoms with Gasteiger partial charge in [-0.3, -0.25) is 4.79 Å². The smallest absolute Gasteiger partial charge is 0.407 e. The first kappa shape index (κ1) is 24.1. The molecule has 0 rings (SSSR count). The summed E-state index contributed by atoms with van der Waals surface area (Å²) >= 11 is 0. The van der Waals surface area contributed by atoms with Crippen molar-refractivity contribution in [1.29, 1.82) is 0 Å². The molecule has 0 aromatic rings. The third kappa shape index (κ3) is 12.5. The van der Waals surface area contributed by atoms with Crippen LogP contribution in [0.25, 0.3) is 0 Å². The fourth-order valence-corrected chi connectivity index (χ4v) is 2.15. The van der Waals surface area contributed by atoms with Gasteiger partial charge in [-0.05, 0) is 65.8 Å². The number of carboxylic acids is 1. The predicted molar refractivity (Wildman–Crippen MR) is 98.5 cm³/mol. The minimum absolute atomic E-state index is 0.324. The average molecular weight is 374 g/mol. The van der Waals surface area contributed by atoms with E-state index in [9.17, 15) is 14.4 Å². The standard InChI is InChI=1S/C17H34N4O5/c1-17(2,3)26-16(25)20-11-7-5-8-12(19)14(22)21-13(15(23)24)9-4-6-10-18/h12-13H,4-11,18-19H2,1-3H3,(H,20,25)(H,21,22)(H,23,24)/t12-,13-/m0/s1. The van der Waals surface area contributed by atoms with Crippen molar-refractivity contribution in [2.24, 2.45) is 11.5 Å². The van der Waals surface area contributed by atoms with Gasteiger partial charge in [-0.2, -0.15) is 0 Å². The number of aliphatic carboxylic acids is 1. The van der Waals surface area contributed by atoms with Gasteiger partial charge in [0.1, 0.15) is 11.6 Å². The molecule has 0 fully saturated rings. The number of rotatable bonds is 12. The summed E-state index contributed by atoms with van der Waals surface area (Å²) in [4.78, 5) is 34.7. The topological polar surface area (TPSA) is 157 Å². The minimum atomic E-state index is -1.08. The Labute approximate surface area is 155 Å². The van der Waals surface area contributed by atoms with Crippen LogP contribution >= 0.6 is 0 Å². The maximum Gasteiger partial charge on any atom is 0.407 e. The highest BCUT2D eigenvalue weighted by molar-refractivity contribution is 5.86. The van der Waals surface area contributed by atoms with Crippen LogP contribution in [-0.4, -0.2) is 53.9 Å². The summed E-state index contributed by atoms with van der Waals surface area (Å²) in [5.41, 5.74) is 10.6. The zero-order chi connectivity index (χ0) is 20.2. The van der Waals surface area contributed by atoms with E-state index in [1.165, 1.54) is 0 Å². The first-order chi connectivity index (χ1) is 12.1. The van der Waals surface area contributed by atoms with Crippen LogP contribution in [0.5, 0.6) is 0 Å². The third-order valence-corrected chi connectivity index (χ3v) is 3.51. The molecule has 9 nitrogen and oxygen atoms in total. The van der Waals surface area contributed by atoms with Crippen LogP contribution in [0.4, 0.5) is 4.79 Å². The normalized spacial score (nSPS) is 13.6. The van der Waals surface area contributed by atoms with Crippen LogP contribution in [0.3, 0.4) is 0 Å². The molecule has 0 aliphatic heterocycles. The van der Waals surface area contributed by atoms with Gasteiger partial charge in [0.05, 0.1) is 6.04 Å². The van der Waals surface area contributed by atoms with Crippen LogP contribution in [-0.2, 0) is 14.3 Å². The molecule has 0 aromatic carbocycles. The summed E-state index contributed by atoms with van der Waals surface area (Å²) in [5.74, 6) is -1.56. The summed E-state index contributed by atoms with van der Waals surface area (Å²) < 4.78 is 5.11. The van der Waals surface area contributed by atoms with Gasteiger partial charge < -0.3 is 31.9 Å². The molecule has 0 aliphatic rings. The van der Waals surface area contributed by atoms with Crippen molar-refractivity contribution >= 4 is 18.0 Å². The molecule has 0 aliphatic carbocycles. The Hall–Kier alpha value is -1.87. The second kappa shape index (κ2) is 12.5. The van der Waals surface area contributed by atoms with Crippen molar-refractivity contribution in [1.82, 2.24) is 10.6 Å². The Morgan fingerprint density at radius 2 is 1.69 bits per heavy atom. The summed E-state index contributed by atoms with van der Waals surface area (Å²) in [6.07, 6.45) is 2.83. The second-order valence-electron chi connectivity index (χ2n) is 7.21. The Bertz CT molecular complexity index is 451. The summed E-state index contributed by atoms with van der Waals surface area (Å²) in [7, 11) is 0. The SMILES string of the molecule is CC(C)(C)OC(=O)NCCCC[C@H](N)C(=O)N[C@@H](CCCCN)C(=O)O. The number of nitrogens with two attached hydrogens (primary N) is 2. The Morgan fingerprint density at radius 1 is 1.08 bits per heavy atom. The molecule has 0 spiro atoms. The van der Waals surface area contributed by atoms with Crippen LogP contribution in [0, 0.1) is 0 Å². The molecule has 0 radical (unpaired) electrons. The van der Waals surface area contributed by atoms with E-state index in [0.29, 0.717) is 51.6 Å². The molecule has 2 amide bonds. The fraction of sp³-hybridized carbons (Fsp3) is 0.824. The number of ether oxygens (including phenoxy) is 1. The van der Waals surface area contributed by atoms with Gasteiger partial charge in [-0.25, -0.2) is 9.59 Å². The highest BCUT2D eigenvalue weighted by atomic mass is 16.6. The highest BCUT2D eigenvalue weighted by Gasteiger charge is 2.22. The zero-order valence-corrected chi connectivity index (χ0v) is 16.0. The molecule has 152 valence electrons. The molecule has 0 unspecified atom stereocenters. The number of nitrogens with one attached hydrogen (secondary N) is 2. The summed E-state index contributed by atoms with van der Waals surface area (Å²) in [6, 6.07) is -1.73.